The fourth-order valence-electron chi connectivity index (χ4n) is 2.77. The molecule has 0 unspecified atom stereocenters. The van der Waals surface area contributed by atoms with E-state index in [1.165, 1.54) is 0 Å². The average Bonchev–Trinajstić information content (AvgIpc) is 2.68. The first-order valence-electron chi connectivity index (χ1n) is 9.73. The molecule has 9 heteroatoms. The molecule has 8 nitrogen and oxygen atoms in total. The van der Waals surface area contributed by atoms with E-state index in [1.807, 2.05) is 20.8 Å². The van der Waals surface area contributed by atoms with E-state index in [4.69, 9.17) is 22.1 Å². The van der Waals surface area contributed by atoms with Gasteiger partial charge in [0.1, 0.15) is 17.3 Å². The van der Waals surface area contributed by atoms with E-state index in [9.17, 15) is 10.1 Å². The van der Waals surface area contributed by atoms with Crippen LogP contribution in [0.1, 0.15) is 32.8 Å². The minimum absolute atomic E-state index is 0.0430. The second kappa shape index (κ2) is 11.3. The molecule has 1 saturated heterocycles. The quantitative estimate of drug-likeness (QED) is 0.191. The molecule has 160 valence electrons. The molecule has 1 aliphatic rings. The van der Waals surface area contributed by atoms with Crippen molar-refractivity contribution in [3.8, 4) is 6.07 Å². The molecule has 2 rings (SSSR count). The van der Waals surface area contributed by atoms with Gasteiger partial charge in [0, 0.05) is 12.2 Å². The summed E-state index contributed by atoms with van der Waals surface area (Å²) in [6, 6.07) is 5.42. The number of pyridine rings is 1. The summed E-state index contributed by atoms with van der Waals surface area (Å²) >= 11 is 6.06. The van der Waals surface area contributed by atoms with Gasteiger partial charge in [-0.15, -0.1) is 0 Å². The molecule has 1 amide bonds. The number of aromatic nitrogens is 1. The van der Waals surface area contributed by atoms with E-state index in [2.05, 4.69) is 26.7 Å². The number of halogens is 1. The third kappa shape index (κ3) is 6.58. The number of allylic oxidation sites excluding steroid dienone is 2. The van der Waals surface area contributed by atoms with Gasteiger partial charge in [-0.25, -0.2) is 9.98 Å². The van der Waals surface area contributed by atoms with Crippen molar-refractivity contribution in [2.75, 3.05) is 13.2 Å². The van der Waals surface area contributed by atoms with Crippen molar-refractivity contribution < 1.29 is 9.53 Å². The molecule has 2 heterocycles. The number of nitrogens with two attached hydrogens (primary N) is 1. The van der Waals surface area contributed by atoms with Crippen molar-refractivity contribution in [3.05, 3.63) is 52.0 Å². The third-order valence-electron chi connectivity index (χ3n) is 4.60. The van der Waals surface area contributed by atoms with Crippen LogP contribution in [0.2, 0.25) is 5.15 Å². The highest BCUT2D eigenvalue weighted by atomic mass is 35.5. The van der Waals surface area contributed by atoms with Crippen LogP contribution in [0.25, 0.3) is 0 Å². The lowest BCUT2D eigenvalue weighted by Crippen LogP contribution is -2.43. The van der Waals surface area contributed by atoms with Gasteiger partial charge in [0.25, 0.3) is 0 Å². The molecular formula is C21H27ClN6O2. The number of nitrogens with zero attached hydrogens (tertiary/aromatic N) is 3. The van der Waals surface area contributed by atoms with Crippen LogP contribution in [0.15, 0.2) is 46.2 Å². The number of amides is 1. The predicted octanol–water partition coefficient (Wildman–Crippen LogP) is 2.22. The van der Waals surface area contributed by atoms with Gasteiger partial charge in [-0.05, 0) is 37.5 Å². The molecule has 1 aromatic heterocycles. The Morgan fingerprint density at radius 3 is 2.87 bits per heavy atom. The first-order valence-corrected chi connectivity index (χ1v) is 10.1. The second-order valence-electron chi connectivity index (χ2n) is 6.95. The number of carbonyl (C=O) groups excluding carboxylic acids is 1. The van der Waals surface area contributed by atoms with Gasteiger partial charge < -0.3 is 21.1 Å². The minimum Gasteiger partial charge on any atom is -0.377 e. The topological polar surface area (TPSA) is 125 Å². The zero-order valence-electron chi connectivity index (χ0n) is 17.4. The number of ether oxygens (including phenoxy) is 1. The van der Waals surface area contributed by atoms with Gasteiger partial charge in [0.15, 0.2) is 5.96 Å². The number of guanidine groups is 1. The predicted molar refractivity (Wildman–Crippen MR) is 117 cm³/mol. The maximum atomic E-state index is 12.7. The molecule has 1 fully saturated rings. The Balaban J connectivity index is 2.23. The Kier molecular flexibility index (Phi) is 8.84. The molecule has 1 aliphatic heterocycles. The van der Waals surface area contributed by atoms with Gasteiger partial charge in [0.05, 0.1) is 30.9 Å². The highest BCUT2D eigenvalue weighted by Crippen LogP contribution is 2.17. The van der Waals surface area contributed by atoms with Gasteiger partial charge in [-0.1, -0.05) is 30.7 Å². The fourth-order valence-corrected chi connectivity index (χ4v) is 2.96. The number of nitriles is 1. The normalized spacial score (nSPS) is 16.8. The smallest absolute Gasteiger partial charge is 0.228 e. The van der Waals surface area contributed by atoms with E-state index in [0.717, 1.165) is 5.57 Å². The number of carbonyl (C=O) groups is 1. The van der Waals surface area contributed by atoms with Gasteiger partial charge in [-0.2, -0.15) is 5.26 Å². The van der Waals surface area contributed by atoms with Crippen molar-refractivity contribution in [1.82, 2.24) is 15.6 Å². The van der Waals surface area contributed by atoms with Gasteiger partial charge in [0.2, 0.25) is 5.91 Å². The Hall–Kier alpha value is -2.89. The van der Waals surface area contributed by atoms with Gasteiger partial charge >= 0.3 is 0 Å². The van der Waals surface area contributed by atoms with E-state index in [1.54, 1.807) is 24.4 Å². The third-order valence-corrected chi connectivity index (χ3v) is 4.94. The Morgan fingerprint density at radius 1 is 1.57 bits per heavy atom. The summed E-state index contributed by atoms with van der Waals surface area (Å²) in [5.74, 6) is -0.00194. The average molecular weight is 431 g/mol. The molecular weight excluding hydrogens is 404 g/mol. The zero-order valence-corrected chi connectivity index (χ0v) is 18.2. The van der Waals surface area contributed by atoms with E-state index in [-0.39, 0.29) is 29.6 Å². The molecule has 4 N–H and O–H groups in total. The standard InChI is InChI=1S/C21H27ClN6O2/c1-4-6-16(10-23)19(28-18(29)9-15-7-5-8-25-20(15)22)13(2)14(3)26-21(24)27-17-11-30-12-17/h5-8,14,17H,4,9,11-12H2,1-3H3,(H,28,29)(H3,24,26,27)/b16-6-,19-13+/t14-/m1/s1. The number of aliphatic imine (C=N–C) groups is 1. The number of hydrogen-bond donors (Lipinski definition) is 3. The van der Waals surface area contributed by atoms with Crippen LogP contribution in [0.5, 0.6) is 0 Å². The Morgan fingerprint density at radius 2 is 2.30 bits per heavy atom. The lowest BCUT2D eigenvalue weighted by atomic mass is 10.0. The molecule has 0 bridgehead atoms. The summed E-state index contributed by atoms with van der Waals surface area (Å²) in [6.45, 7) is 6.77. The summed E-state index contributed by atoms with van der Waals surface area (Å²) in [5.41, 5.74) is 8.18. The monoisotopic (exact) mass is 430 g/mol. The molecule has 0 spiro atoms. The zero-order chi connectivity index (χ0) is 22.1. The summed E-state index contributed by atoms with van der Waals surface area (Å²) in [6.07, 6.45) is 4.02. The molecule has 1 aromatic rings. The maximum Gasteiger partial charge on any atom is 0.228 e. The summed E-state index contributed by atoms with van der Waals surface area (Å²) in [4.78, 5) is 21.0. The van der Waals surface area contributed by atoms with Gasteiger partial charge in [-0.3, -0.25) is 4.79 Å². The fraction of sp³-hybridized carbons (Fsp3) is 0.429. The number of nitrogens with one attached hydrogen (secondary N) is 2. The van der Waals surface area contributed by atoms with E-state index >= 15 is 0 Å². The van der Waals surface area contributed by atoms with Crippen LogP contribution >= 0.6 is 11.6 Å². The first-order chi connectivity index (χ1) is 14.3. The molecule has 0 saturated carbocycles. The summed E-state index contributed by atoms with van der Waals surface area (Å²) in [7, 11) is 0. The highest BCUT2D eigenvalue weighted by Gasteiger charge is 2.20. The number of hydrogen-bond acceptors (Lipinski definition) is 5. The largest absolute Gasteiger partial charge is 0.377 e. The molecule has 0 aromatic carbocycles. The van der Waals surface area contributed by atoms with E-state index < -0.39 is 0 Å². The first kappa shape index (κ1) is 23.4. The minimum atomic E-state index is -0.294. The summed E-state index contributed by atoms with van der Waals surface area (Å²) < 4.78 is 5.10. The highest BCUT2D eigenvalue weighted by molar-refractivity contribution is 6.30. The lowest BCUT2D eigenvalue weighted by molar-refractivity contribution is -0.119. The van der Waals surface area contributed by atoms with Crippen molar-refractivity contribution in [1.29, 1.82) is 5.26 Å². The molecule has 1 atom stereocenters. The van der Waals surface area contributed by atoms with Crippen molar-refractivity contribution in [3.63, 3.8) is 0 Å². The van der Waals surface area contributed by atoms with E-state index in [0.29, 0.717) is 42.4 Å². The Labute approximate surface area is 181 Å². The molecule has 30 heavy (non-hydrogen) atoms. The summed E-state index contributed by atoms with van der Waals surface area (Å²) in [5, 5.41) is 15.9. The van der Waals surface area contributed by atoms with Crippen molar-refractivity contribution in [2.24, 2.45) is 10.7 Å². The number of rotatable bonds is 8. The van der Waals surface area contributed by atoms with Crippen LogP contribution in [-0.4, -0.2) is 42.1 Å². The van der Waals surface area contributed by atoms with Crippen LogP contribution in [0, 0.1) is 11.3 Å². The SMILES string of the molecule is CC/C=C(C#N)\C(NC(=O)Cc1cccnc1Cl)=C(\C)[C@@H](C)NC(N)=NC1COC1. The maximum absolute atomic E-state index is 12.7. The van der Waals surface area contributed by atoms with Crippen molar-refractivity contribution in [2.45, 2.75) is 45.7 Å². The Bertz CT molecular complexity index is 899. The van der Waals surface area contributed by atoms with Crippen LogP contribution in [-0.2, 0) is 16.0 Å². The van der Waals surface area contributed by atoms with Crippen LogP contribution in [0.3, 0.4) is 0 Å². The molecule has 0 aliphatic carbocycles. The lowest BCUT2D eigenvalue weighted by Gasteiger charge is -2.24. The van der Waals surface area contributed by atoms with Crippen LogP contribution < -0.4 is 16.4 Å². The van der Waals surface area contributed by atoms with Crippen LogP contribution in [0.4, 0.5) is 0 Å². The van der Waals surface area contributed by atoms with Crippen molar-refractivity contribution >= 4 is 23.5 Å². The molecule has 0 radical (unpaired) electrons. The second-order valence-corrected chi connectivity index (χ2v) is 7.30.